The number of carbonyl (C=O) groups is 3. The van der Waals surface area contributed by atoms with Gasteiger partial charge in [-0.15, -0.1) is 0 Å². The fraction of sp³-hybridized carbons (Fsp3) is 0.400. The molecule has 0 bridgehead atoms. The summed E-state index contributed by atoms with van der Waals surface area (Å²) in [6, 6.07) is 8.33. The number of aromatic nitrogens is 2. The Morgan fingerprint density at radius 2 is 2.00 bits per heavy atom. The average molecular weight is 469 g/mol. The van der Waals surface area contributed by atoms with Gasteiger partial charge in [0.05, 0.1) is 11.4 Å². The number of likely N-dealkylation sites (N-methyl/N-ethyl adjacent to an activating group) is 1. The summed E-state index contributed by atoms with van der Waals surface area (Å²) in [5.41, 5.74) is 1.98. The van der Waals surface area contributed by atoms with Gasteiger partial charge in [-0.1, -0.05) is 12.1 Å². The molecular formula is C20H22F3N5O5. The zero-order valence-corrected chi connectivity index (χ0v) is 17.6. The number of carboxylic acids is 1. The van der Waals surface area contributed by atoms with Crippen LogP contribution >= 0.6 is 0 Å². The van der Waals surface area contributed by atoms with E-state index >= 15 is 0 Å². The van der Waals surface area contributed by atoms with Gasteiger partial charge in [-0.05, 0) is 31.2 Å². The molecule has 33 heavy (non-hydrogen) atoms. The number of ether oxygens (including phenoxy) is 1. The Labute approximate surface area is 186 Å². The Balaban J connectivity index is 0.000000383. The summed E-state index contributed by atoms with van der Waals surface area (Å²) in [4.78, 5) is 35.7. The molecule has 2 aliphatic rings. The van der Waals surface area contributed by atoms with Crippen molar-refractivity contribution in [2.75, 3.05) is 25.1 Å². The fourth-order valence-electron chi connectivity index (χ4n) is 3.26. The topological polar surface area (TPSA) is 126 Å². The minimum atomic E-state index is -5.08. The Morgan fingerprint density at radius 3 is 2.70 bits per heavy atom. The molecule has 2 amide bonds. The van der Waals surface area contributed by atoms with Crippen LogP contribution in [0, 0.1) is 0 Å². The lowest BCUT2D eigenvalue weighted by Gasteiger charge is -2.20. The molecule has 2 aliphatic heterocycles. The van der Waals surface area contributed by atoms with Gasteiger partial charge < -0.3 is 25.4 Å². The second-order valence-corrected chi connectivity index (χ2v) is 7.28. The minimum Gasteiger partial charge on any atom is -0.489 e. The van der Waals surface area contributed by atoms with Crippen molar-refractivity contribution in [1.29, 1.82) is 0 Å². The van der Waals surface area contributed by atoms with E-state index in [0.29, 0.717) is 23.7 Å². The monoisotopic (exact) mass is 469 g/mol. The molecule has 13 heteroatoms. The third-order valence-corrected chi connectivity index (χ3v) is 4.93. The number of benzene rings is 1. The number of anilines is 1. The zero-order valence-electron chi connectivity index (χ0n) is 17.6. The maximum Gasteiger partial charge on any atom is 0.490 e. The van der Waals surface area contributed by atoms with Crippen molar-refractivity contribution in [3.63, 3.8) is 0 Å². The number of nitrogens with zero attached hydrogens (tertiary/aromatic N) is 3. The lowest BCUT2D eigenvalue weighted by atomic mass is 10.2. The molecule has 1 atom stereocenters. The summed E-state index contributed by atoms with van der Waals surface area (Å²) < 4.78 is 39.3. The molecule has 3 heterocycles. The maximum absolute atomic E-state index is 12.7. The van der Waals surface area contributed by atoms with E-state index in [2.05, 4.69) is 15.7 Å². The van der Waals surface area contributed by atoms with E-state index in [1.165, 1.54) is 4.90 Å². The Morgan fingerprint density at radius 1 is 1.30 bits per heavy atom. The number of rotatable bonds is 2. The quantitative estimate of drug-likeness (QED) is 0.603. The number of aliphatic carboxylic acids is 1. The second-order valence-electron chi connectivity index (χ2n) is 7.28. The summed E-state index contributed by atoms with van der Waals surface area (Å²) in [6.45, 7) is 2.48. The summed E-state index contributed by atoms with van der Waals surface area (Å²) in [7, 11) is 1.68. The van der Waals surface area contributed by atoms with Crippen LogP contribution in [0.25, 0.3) is 0 Å². The SMILES string of the molecule is CN1C(=O)[C@@H](NC(=O)c2cc3n(n2)CCCNC3)COc2ccccc21.O=C(O)C(F)(F)F. The Hall–Kier alpha value is -3.61. The molecule has 0 aliphatic carbocycles. The third kappa shape index (κ3) is 5.80. The van der Waals surface area contributed by atoms with Gasteiger partial charge in [0.1, 0.15) is 18.4 Å². The normalized spacial score (nSPS) is 17.9. The van der Waals surface area contributed by atoms with Crippen molar-refractivity contribution in [2.24, 2.45) is 0 Å². The summed E-state index contributed by atoms with van der Waals surface area (Å²) in [5.74, 6) is -2.72. The van der Waals surface area contributed by atoms with Gasteiger partial charge in [-0.3, -0.25) is 14.3 Å². The van der Waals surface area contributed by atoms with Gasteiger partial charge in [0.25, 0.3) is 11.8 Å². The van der Waals surface area contributed by atoms with Crippen molar-refractivity contribution in [3.8, 4) is 5.75 Å². The molecule has 0 radical (unpaired) electrons. The van der Waals surface area contributed by atoms with Gasteiger partial charge in [0.2, 0.25) is 0 Å². The number of alkyl halides is 3. The molecule has 0 spiro atoms. The Bertz CT molecular complexity index is 1020. The van der Waals surface area contributed by atoms with Crippen LogP contribution in [0.2, 0.25) is 0 Å². The first-order valence-corrected chi connectivity index (χ1v) is 9.95. The molecule has 0 unspecified atom stereocenters. The van der Waals surface area contributed by atoms with Gasteiger partial charge in [0.15, 0.2) is 5.69 Å². The number of amides is 2. The minimum absolute atomic E-state index is 0.0844. The van der Waals surface area contributed by atoms with Crippen LogP contribution in [0.5, 0.6) is 5.75 Å². The standard InChI is InChI=1S/C18H21N5O3.C2HF3O2/c1-22-15-5-2-3-6-16(15)26-11-14(18(22)25)20-17(24)13-9-12-10-19-7-4-8-23(12)21-13;3-2(4,5)1(6)7/h2-3,5-6,9,14,19H,4,7-8,10-11H2,1H3,(H,20,24);(H,6,7)/t14-;/m0./s1. The first-order chi connectivity index (χ1) is 15.6. The van der Waals surface area contributed by atoms with Crippen molar-refractivity contribution in [2.45, 2.75) is 31.7 Å². The third-order valence-electron chi connectivity index (χ3n) is 4.93. The highest BCUT2D eigenvalue weighted by atomic mass is 19.4. The summed E-state index contributed by atoms with van der Waals surface area (Å²) in [6.07, 6.45) is -4.12. The molecule has 0 saturated carbocycles. The molecule has 1 aromatic heterocycles. The number of carboxylic acid groups (broad SMARTS) is 1. The number of nitrogens with one attached hydrogen (secondary N) is 2. The molecule has 1 aromatic carbocycles. The number of hydrogen-bond acceptors (Lipinski definition) is 6. The first kappa shape index (κ1) is 24.0. The van der Waals surface area contributed by atoms with Gasteiger partial charge in [-0.25, -0.2) is 4.79 Å². The summed E-state index contributed by atoms with van der Waals surface area (Å²) >= 11 is 0. The number of carbonyl (C=O) groups excluding carboxylic acids is 2. The fourth-order valence-corrected chi connectivity index (χ4v) is 3.26. The van der Waals surface area contributed by atoms with Crippen LogP contribution in [-0.2, 0) is 22.7 Å². The van der Waals surface area contributed by atoms with Crippen LogP contribution in [0.4, 0.5) is 18.9 Å². The number of aryl methyl sites for hydroxylation is 1. The predicted octanol–water partition coefficient (Wildman–Crippen LogP) is 1.16. The number of halogens is 3. The first-order valence-electron chi connectivity index (χ1n) is 9.95. The highest BCUT2D eigenvalue weighted by molar-refractivity contribution is 6.02. The maximum atomic E-state index is 12.7. The van der Waals surface area contributed by atoms with E-state index in [0.717, 1.165) is 25.2 Å². The molecule has 0 saturated heterocycles. The summed E-state index contributed by atoms with van der Waals surface area (Å²) in [5, 5.41) is 17.6. The molecular weight excluding hydrogens is 447 g/mol. The zero-order chi connectivity index (χ0) is 24.2. The van der Waals surface area contributed by atoms with E-state index in [1.54, 1.807) is 13.1 Å². The molecule has 178 valence electrons. The van der Waals surface area contributed by atoms with Crippen molar-refractivity contribution in [1.82, 2.24) is 20.4 Å². The van der Waals surface area contributed by atoms with E-state index in [1.807, 2.05) is 28.9 Å². The van der Waals surface area contributed by atoms with Crippen LogP contribution in [-0.4, -0.2) is 65.1 Å². The van der Waals surface area contributed by atoms with Crippen molar-refractivity contribution in [3.05, 3.63) is 41.7 Å². The van der Waals surface area contributed by atoms with Crippen LogP contribution < -0.4 is 20.3 Å². The molecule has 4 rings (SSSR count). The van der Waals surface area contributed by atoms with Gasteiger partial charge in [-0.2, -0.15) is 18.3 Å². The molecule has 0 fully saturated rings. The molecule has 2 aromatic rings. The number of para-hydroxylation sites is 2. The number of fused-ring (bicyclic) bond motifs is 2. The Kier molecular flexibility index (Phi) is 7.21. The second kappa shape index (κ2) is 9.90. The average Bonchev–Trinajstić information content (AvgIpc) is 2.99. The number of hydrogen-bond donors (Lipinski definition) is 3. The van der Waals surface area contributed by atoms with Gasteiger partial charge in [0, 0.05) is 20.1 Å². The lowest BCUT2D eigenvalue weighted by molar-refractivity contribution is -0.192. The van der Waals surface area contributed by atoms with Crippen molar-refractivity contribution >= 4 is 23.5 Å². The molecule has 3 N–H and O–H groups in total. The smallest absolute Gasteiger partial charge is 0.489 e. The molecule has 10 nitrogen and oxygen atoms in total. The largest absolute Gasteiger partial charge is 0.490 e. The van der Waals surface area contributed by atoms with Crippen LogP contribution in [0.3, 0.4) is 0 Å². The van der Waals surface area contributed by atoms with E-state index in [-0.39, 0.29) is 18.4 Å². The van der Waals surface area contributed by atoms with E-state index < -0.39 is 18.2 Å². The highest BCUT2D eigenvalue weighted by Crippen LogP contribution is 2.29. The van der Waals surface area contributed by atoms with E-state index in [4.69, 9.17) is 14.6 Å². The highest BCUT2D eigenvalue weighted by Gasteiger charge is 2.38. The van der Waals surface area contributed by atoms with Crippen LogP contribution in [0.15, 0.2) is 30.3 Å². The predicted molar refractivity (Wildman–Crippen MR) is 109 cm³/mol. The van der Waals surface area contributed by atoms with Gasteiger partial charge >= 0.3 is 12.1 Å². The van der Waals surface area contributed by atoms with Crippen LogP contribution in [0.1, 0.15) is 22.6 Å². The van der Waals surface area contributed by atoms with Crippen molar-refractivity contribution < 1.29 is 37.4 Å². The van der Waals surface area contributed by atoms with E-state index in [9.17, 15) is 22.8 Å². The lowest BCUT2D eigenvalue weighted by Crippen LogP contribution is -2.49.